The fourth-order valence-electron chi connectivity index (χ4n) is 1.73. The summed E-state index contributed by atoms with van der Waals surface area (Å²) in [6, 6.07) is 1.79. The molecule has 0 aromatic carbocycles. The molecule has 0 radical (unpaired) electrons. The van der Waals surface area contributed by atoms with Crippen LogP contribution in [0.15, 0.2) is 12.4 Å². The molecule has 18 heavy (non-hydrogen) atoms. The van der Waals surface area contributed by atoms with E-state index in [1.165, 1.54) is 32.7 Å². The van der Waals surface area contributed by atoms with E-state index in [2.05, 4.69) is 25.3 Å². The van der Waals surface area contributed by atoms with Gasteiger partial charge in [0.25, 0.3) is 0 Å². The number of carbonyl (C=O) groups excluding carboxylic acids is 1. The minimum absolute atomic E-state index is 0.107. The number of nitrogens with zero attached hydrogens (tertiary/aromatic N) is 2. The number of hydrogen-bond acceptors (Lipinski definition) is 6. The van der Waals surface area contributed by atoms with Gasteiger partial charge in [-0.3, -0.25) is 4.79 Å². The fourth-order valence-corrected chi connectivity index (χ4v) is 1.73. The lowest BCUT2D eigenvalue weighted by Crippen LogP contribution is -2.21. The first-order valence-corrected chi connectivity index (χ1v) is 6.14. The van der Waals surface area contributed by atoms with Gasteiger partial charge in [0.05, 0.1) is 7.11 Å². The molecule has 1 saturated carbocycles. The van der Waals surface area contributed by atoms with Crippen LogP contribution in [-0.4, -0.2) is 36.1 Å². The zero-order valence-corrected chi connectivity index (χ0v) is 10.5. The second-order valence-corrected chi connectivity index (χ2v) is 4.40. The van der Waals surface area contributed by atoms with Gasteiger partial charge in [0.2, 0.25) is 0 Å². The molecule has 0 unspecified atom stereocenters. The Kier molecular flexibility index (Phi) is 4.33. The zero-order chi connectivity index (χ0) is 12.8. The van der Waals surface area contributed by atoms with E-state index in [0.717, 1.165) is 18.3 Å². The number of anilines is 2. The third-order valence-electron chi connectivity index (χ3n) is 3.11. The normalized spacial score (nSPS) is 14.7. The Bertz CT molecular complexity index is 407. The van der Waals surface area contributed by atoms with Gasteiger partial charge >= 0.3 is 5.97 Å². The van der Waals surface area contributed by atoms with Crippen LogP contribution in [0.1, 0.15) is 19.3 Å². The van der Waals surface area contributed by atoms with Crippen LogP contribution in [0.3, 0.4) is 0 Å². The van der Waals surface area contributed by atoms with E-state index >= 15 is 0 Å². The third-order valence-corrected chi connectivity index (χ3v) is 3.11. The van der Waals surface area contributed by atoms with Crippen molar-refractivity contribution >= 4 is 17.6 Å². The second-order valence-electron chi connectivity index (χ2n) is 4.40. The van der Waals surface area contributed by atoms with Gasteiger partial charge in [-0.2, -0.15) is 0 Å². The molecule has 1 heterocycles. The highest BCUT2D eigenvalue weighted by molar-refractivity contribution is 5.74. The molecule has 0 bridgehead atoms. The first-order valence-electron chi connectivity index (χ1n) is 6.14. The maximum atomic E-state index is 11.0. The van der Waals surface area contributed by atoms with Crippen LogP contribution in [0.2, 0.25) is 0 Å². The first kappa shape index (κ1) is 12.6. The van der Waals surface area contributed by atoms with Crippen LogP contribution < -0.4 is 10.6 Å². The van der Waals surface area contributed by atoms with Crippen molar-refractivity contribution in [1.29, 1.82) is 0 Å². The first-order chi connectivity index (χ1) is 8.78. The van der Waals surface area contributed by atoms with Crippen molar-refractivity contribution in [3.05, 3.63) is 12.4 Å². The molecule has 1 aliphatic rings. The van der Waals surface area contributed by atoms with Gasteiger partial charge < -0.3 is 15.4 Å². The summed E-state index contributed by atoms with van der Waals surface area (Å²) >= 11 is 0. The molecule has 2 rings (SSSR count). The SMILES string of the molecule is COC(=O)CNc1cc(NCC2CCC2)ncn1. The summed E-state index contributed by atoms with van der Waals surface area (Å²) in [5.74, 6) is 1.85. The number of rotatable bonds is 6. The largest absolute Gasteiger partial charge is 0.468 e. The van der Waals surface area contributed by atoms with E-state index < -0.39 is 0 Å². The quantitative estimate of drug-likeness (QED) is 0.741. The molecule has 2 N–H and O–H groups in total. The van der Waals surface area contributed by atoms with Crippen molar-refractivity contribution in [1.82, 2.24) is 9.97 Å². The molecule has 0 amide bonds. The number of nitrogens with one attached hydrogen (secondary N) is 2. The standard InChI is InChI=1S/C12H18N4O2/c1-18-12(17)7-14-11-5-10(15-8-16-11)13-6-9-3-2-4-9/h5,8-9H,2-4,6-7H2,1H3,(H2,13,14,15,16). The summed E-state index contributed by atoms with van der Waals surface area (Å²) in [4.78, 5) is 19.2. The summed E-state index contributed by atoms with van der Waals surface area (Å²) in [5, 5.41) is 6.17. The maximum Gasteiger partial charge on any atom is 0.325 e. The van der Waals surface area contributed by atoms with Crippen molar-refractivity contribution in [2.24, 2.45) is 5.92 Å². The molecule has 6 nitrogen and oxygen atoms in total. The Morgan fingerprint density at radius 2 is 2.11 bits per heavy atom. The number of ether oxygens (including phenoxy) is 1. The lowest BCUT2D eigenvalue weighted by molar-refractivity contribution is -0.138. The average Bonchev–Trinajstić information content (AvgIpc) is 2.34. The molecule has 0 aliphatic heterocycles. The van der Waals surface area contributed by atoms with Crippen molar-refractivity contribution in [2.45, 2.75) is 19.3 Å². The molecule has 0 atom stereocenters. The van der Waals surface area contributed by atoms with E-state index in [1.54, 1.807) is 6.07 Å². The van der Waals surface area contributed by atoms with E-state index in [9.17, 15) is 4.79 Å². The molecular weight excluding hydrogens is 232 g/mol. The van der Waals surface area contributed by atoms with Crippen LogP contribution >= 0.6 is 0 Å². The van der Waals surface area contributed by atoms with Crippen LogP contribution in [0.4, 0.5) is 11.6 Å². The smallest absolute Gasteiger partial charge is 0.325 e. The summed E-state index contributed by atoms with van der Waals surface area (Å²) in [6.07, 6.45) is 5.40. The average molecular weight is 250 g/mol. The van der Waals surface area contributed by atoms with Gasteiger partial charge in [0.1, 0.15) is 24.5 Å². The zero-order valence-electron chi connectivity index (χ0n) is 10.5. The Morgan fingerprint density at radius 1 is 1.39 bits per heavy atom. The van der Waals surface area contributed by atoms with Gasteiger partial charge in [0.15, 0.2) is 0 Å². The minimum Gasteiger partial charge on any atom is -0.468 e. The molecule has 1 aromatic rings. The lowest BCUT2D eigenvalue weighted by atomic mass is 9.85. The van der Waals surface area contributed by atoms with Gasteiger partial charge in [-0.05, 0) is 18.8 Å². The number of hydrogen-bond donors (Lipinski definition) is 2. The highest BCUT2D eigenvalue weighted by atomic mass is 16.5. The third kappa shape index (κ3) is 3.58. The highest BCUT2D eigenvalue weighted by Gasteiger charge is 2.16. The van der Waals surface area contributed by atoms with Crippen molar-refractivity contribution in [3.63, 3.8) is 0 Å². The van der Waals surface area contributed by atoms with E-state index in [4.69, 9.17) is 0 Å². The van der Waals surface area contributed by atoms with E-state index in [0.29, 0.717) is 5.82 Å². The fraction of sp³-hybridized carbons (Fsp3) is 0.583. The lowest BCUT2D eigenvalue weighted by Gasteiger charge is -2.25. The van der Waals surface area contributed by atoms with Crippen molar-refractivity contribution in [2.75, 3.05) is 30.8 Å². The van der Waals surface area contributed by atoms with E-state index in [1.807, 2.05) is 0 Å². The summed E-state index contributed by atoms with van der Waals surface area (Å²) in [5.41, 5.74) is 0. The van der Waals surface area contributed by atoms with Gasteiger partial charge in [-0.15, -0.1) is 0 Å². The number of methoxy groups -OCH3 is 1. The van der Waals surface area contributed by atoms with Gasteiger partial charge in [-0.25, -0.2) is 9.97 Å². The maximum absolute atomic E-state index is 11.0. The number of aromatic nitrogens is 2. The van der Waals surface area contributed by atoms with Crippen LogP contribution in [0, 0.1) is 5.92 Å². The monoisotopic (exact) mass is 250 g/mol. The Hall–Kier alpha value is -1.85. The molecule has 98 valence electrons. The summed E-state index contributed by atoms with van der Waals surface area (Å²) < 4.78 is 4.54. The molecule has 1 fully saturated rings. The highest BCUT2D eigenvalue weighted by Crippen LogP contribution is 2.26. The summed E-state index contributed by atoms with van der Waals surface area (Å²) in [7, 11) is 1.36. The van der Waals surface area contributed by atoms with Crippen LogP contribution in [0.5, 0.6) is 0 Å². The number of carbonyl (C=O) groups is 1. The van der Waals surface area contributed by atoms with Crippen LogP contribution in [0.25, 0.3) is 0 Å². The molecule has 1 aromatic heterocycles. The Morgan fingerprint density at radius 3 is 2.72 bits per heavy atom. The molecular formula is C12H18N4O2. The predicted molar refractivity (Wildman–Crippen MR) is 68.4 cm³/mol. The Balaban J connectivity index is 1.81. The molecule has 0 saturated heterocycles. The molecule has 0 spiro atoms. The van der Waals surface area contributed by atoms with Gasteiger partial charge in [-0.1, -0.05) is 6.42 Å². The minimum atomic E-state index is -0.322. The van der Waals surface area contributed by atoms with E-state index in [-0.39, 0.29) is 12.5 Å². The van der Waals surface area contributed by atoms with Crippen LogP contribution in [-0.2, 0) is 9.53 Å². The Labute approximate surface area is 106 Å². The number of esters is 1. The predicted octanol–water partition coefficient (Wildman–Crippen LogP) is 1.27. The van der Waals surface area contributed by atoms with Crippen molar-refractivity contribution in [3.8, 4) is 0 Å². The van der Waals surface area contributed by atoms with Crippen molar-refractivity contribution < 1.29 is 9.53 Å². The summed E-state index contributed by atoms with van der Waals surface area (Å²) in [6.45, 7) is 1.06. The molecule has 6 heteroatoms. The topological polar surface area (TPSA) is 76.1 Å². The second kappa shape index (κ2) is 6.18. The van der Waals surface area contributed by atoms with Gasteiger partial charge in [0, 0.05) is 12.6 Å². The molecule has 1 aliphatic carbocycles.